The highest BCUT2D eigenvalue weighted by atomic mass is 16.3. The van der Waals surface area contributed by atoms with Crippen LogP contribution in [-0.2, 0) is 11.2 Å². The highest BCUT2D eigenvalue weighted by Crippen LogP contribution is 2.42. The molecule has 1 unspecified atom stereocenters. The molecule has 0 saturated carbocycles. The molecule has 1 heterocycles. The molecule has 0 spiro atoms. The third kappa shape index (κ3) is 5.28. The first-order valence-corrected chi connectivity index (χ1v) is 8.69. The Kier molecular flexibility index (Phi) is 5.91. The first-order chi connectivity index (χ1) is 11.3. The van der Waals surface area contributed by atoms with Crippen LogP contribution in [0, 0.1) is 12.3 Å². The monoisotopic (exact) mass is 335 g/mol. The summed E-state index contributed by atoms with van der Waals surface area (Å²) in [4.78, 5) is 22.8. The van der Waals surface area contributed by atoms with Crippen LogP contribution in [-0.4, -0.2) is 18.5 Å². The zero-order valence-electron chi connectivity index (χ0n) is 14.9. The maximum atomic E-state index is 12.2. The number of primary amides is 1. The molecule has 0 aromatic carbocycles. The highest BCUT2D eigenvalue weighted by molar-refractivity contribution is 5.76. The Morgan fingerprint density at radius 1 is 1.33 bits per heavy atom. The maximum absolute atomic E-state index is 12.2. The van der Waals surface area contributed by atoms with Gasteiger partial charge in [0.15, 0.2) is 0 Å². The van der Waals surface area contributed by atoms with Crippen molar-refractivity contribution in [3.8, 4) is 0 Å². The van der Waals surface area contributed by atoms with Crippen molar-refractivity contribution >= 4 is 11.9 Å². The lowest BCUT2D eigenvalue weighted by Gasteiger charge is -2.34. The second-order valence-corrected chi connectivity index (χ2v) is 7.50. The van der Waals surface area contributed by atoms with E-state index in [-0.39, 0.29) is 17.4 Å². The van der Waals surface area contributed by atoms with Gasteiger partial charge in [-0.25, -0.2) is 4.79 Å². The van der Waals surface area contributed by atoms with Crippen molar-refractivity contribution in [2.45, 2.75) is 65.3 Å². The summed E-state index contributed by atoms with van der Waals surface area (Å²) in [5, 5.41) is 5.71. The second-order valence-electron chi connectivity index (χ2n) is 7.50. The van der Waals surface area contributed by atoms with Gasteiger partial charge in [0.2, 0.25) is 5.91 Å². The number of hydrogen-bond acceptors (Lipinski definition) is 3. The molecule has 24 heavy (non-hydrogen) atoms. The van der Waals surface area contributed by atoms with E-state index in [1.807, 2.05) is 13.0 Å². The molecule has 0 saturated heterocycles. The molecule has 0 aliphatic heterocycles. The molecule has 0 bridgehead atoms. The van der Waals surface area contributed by atoms with Gasteiger partial charge in [0.05, 0.1) is 6.04 Å². The summed E-state index contributed by atoms with van der Waals surface area (Å²) in [5.74, 6) is 1.98. The van der Waals surface area contributed by atoms with Crippen LogP contribution in [0.1, 0.15) is 69.1 Å². The standard InChI is InChI=1S/C18H29N3O3/c1-12-9-13-14(10-18(2,3)11-15(13)24-12)21-16(22)7-5-4-6-8-20-17(19)23/h9,14H,4-8,10-11H2,1-3H3,(H,21,22)(H3,19,20,23). The molecule has 0 radical (unpaired) electrons. The molecular weight excluding hydrogens is 306 g/mol. The van der Waals surface area contributed by atoms with Gasteiger partial charge in [-0.05, 0) is 37.7 Å². The summed E-state index contributed by atoms with van der Waals surface area (Å²) in [5.41, 5.74) is 6.25. The van der Waals surface area contributed by atoms with Crippen molar-refractivity contribution in [2.75, 3.05) is 6.54 Å². The molecule has 1 aromatic heterocycles. The minimum atomic E-state index is -0.501. The molecular formula is C18H29N3O3. The molecule has 3 amide bonds. The quantitative estimate of drug-likeness (QED) is 0.668. The van der Waals surface area contributed by atoms with Crippen LogP contribution >= 0.6 is 0 Å². The number of urea groups is 1. The molecule has 1 atom stereocenters. The third-order valence-corrected chi connectivity index (χ3v) is 4.45. The summed E-state index contributed by atoms with van der Waals surface area (Å²) in [6, 6.07) is 1.58. The predicted molar refractivity (Wildman–Crippen MR) is 92.5 cm³/mol. The summed E-state index contributed by atoms with van der Waals surface area (Å²) in [6.45, 7) is 6.92. The summed E-state index contributed by atoms with van der Waals surface area (Å²) in [6.07, 6.45) is 4.86. The number of rotatable bonds is 7. The van der Waals surface area contributed by atoms with E-state index < -0.39 is 6.03 Å². The Labute approximate surface area is 143 Å². The number of amides is 3. The van der Waals surface area contributed by atoms with Crippen LogP contribution in [0.5, 0.6) is 0 Å². The van der Waals surface area contributed by atoms with E-state index in [9.17, 15) is 9.59 Å². The van der Waals surface area contributed by atoms with E-state index in [2.05, 4.69) is 24.5 Å². The van der Waals surface area contributed by atoms with Crippen LogP contribution in [0.15, 0.2) is 10.5 Å². The van der Waals surface area contributed by atoms with E-state index in [0.29, 0.717) is 13.0 Å². The Morgan fingerprint density at radius 3 is 2.79 bits per heavy atom. The Morgan fingerprint density at radius 2 is 2.08 bits per heavy atom. The average Bonchev–Trinajstić information content (AvgIpc) is 2.81. The number of nitrogens with one attached hydrogen (secondary N) is 2. The highest BCUT2D eigenvalue weighted by Gasteiger charge is 2.35. The SMILES string of the molecule is Cc1cc2c(o1)CC(C)(C)CC2NC(=O)CCCCCNC(N)=O. The first kappa shape index (κ1) is 18.4. The van der Waals surface area contributed by atoms with E-state index in [4.69, 9.17) is 10.2 Å². The zero-order chi connectivity index (χ0) is 17.7. The number of unbranched alkanes of at least 4 members (excludes halogenated alkanes) is 2. The predicted octanol–water partition coefficient (Wildman–Crippen LogP) is 2.95. The molecule has 2 rings (SSSR count). The molecule has 0 fully saturated rings. The van der Waals surface area contributed by atoms with Gasteiger partial charge in [0.1, 0.15) is 11.5 Å². The Balaban J connectivity index is 1.80. The van der Waals surface area contributed by atoms with E-state index in [0.717, 1.165) is 49.2 Å². The molecule has 134 valence electrons. The lowest BCUT2D eigenvalue weighted by atomic mass is 9.74. The molecule has 6 heteroatoms. The topological polar surface area (TPSA) is 97.4 Å². The fraction of sp³-hybridized carbons (Fsp3) is 0.667. The lowest BCUT2D eigenvalue weighted by molar-refractivity contribution is -0.122. The number of aryl methyl sites for hydroxylation is 1. The summed E-state index contributed by atoms with van der Waals surface area (Å²) >= 11 is 0. The van der Waals surface area contributed by atoms with Crippen molar-refractivity contribution in [1.82, 2.24) is 10.6 Å². The van der Waals surface area contributed by atoms with Gasteiger partial charge >= 0.3 is 6.03 Å². The molecule has 1 aliphatic rings. The minimum Gasteiger partial charge on any atom is -0.466 e. The average molecular weight is 335 g/mol. The van der Waals surface area contributed by atoms with Gasteiger partial charge < -0.3 is 20.8 Å². The van der Waals surface area contributed by atoms with Crippen molar-refractivity contribution in [3.05, 3.63) is 23.2 Å². The van der Waals surface area contributed by atoms with Gasteiger partial charge in [0.25, 0.3) is 0 Å². The van der Waals surface area contributed by atoms with Crippen molar-refractivity contribution in [3.63, 3.8) is 0 Å². The van der Waals surface area contributed by atoms with Gasteiger partial charge in [-0.15, -0.1) is 0 Å². The largest absolute Gasteiger partial charge is 0.466 e. The van der Waals surface area contributed by atoms with Crippen LogP contribution in [0.2, 0.25) is 0 Å². The molecule has 1 aliphatic carbocycles. The lowest BCUT2D eigenvalue weighted by Crippen LogP contribution is -2.35. The van der Waals surface area contributed by atoms with Gasteiger partial charge in [0, 0.05) is 24.9 Å². The molecule has 6 nitrogen and oxygen atoms in total. The minimum absolute atomic E-state index is 0.0326. The third-order valence-electron chi connectivity index (χ3n) is 4.45. The van der Waals surface area contributed by atoms with Gasteiger partial charge in [-0.3, -0.25) is 4.79 Å². The normalized spacial score (nSPS) is 18.7. The fourth-order valence-corrected chi connectivity index (χ4v) is 3.38. The van der Waals surface area contributed by atoms with Crippen LogP contribution < -0.4 is 16.4 Å². The molecule has 1 aromatic rings. The van der Waals surface area contributed by atoms with E-state index in [1.165, 1.54) is 0 Å². The number of fused-ring (bicyclic) bond motifs is 1. The second kappa shape index (κ2) is 7.73. The smallest absolute Gasteiger partial charge is 0.312 e. The summed E-state index contributed by atoms with van der Waals surface area (Å²) < 4.78 is 5.80. The maximum Gasteiger partial charge on any atom is 0.312 e. The van der Waals surface area contributed by atoms with Crippen molar-refractivity contribution in [2.24, 2.45) is 11.1 Å². The number of carbonyl (C=O) groups excluding carboxylic acids is 2. The molecule has 4 N–H and O–H groups in total. The zero-order valence-corrected chi connectivity index (χ0v) is 14.9. The number of nitrogens with two attached hydrogens (primary N) is 1. The number of furan rings is 1. The van der Waals surface area contributed by atoms with Crippen LogP contribution in [0.25, 0.3) is 0 Å². The Hall–Kier alpha value is -1.98. The summed E-state index contributed by atoms with van der Waals surface area (Å²) in [7, 11) is 0. The van der Waals surface area contributed by atoms with Crippen molar-refractivity contribution < 1.29 is 14.0 Å². The fourth-order valence-electron chi connectivity index (χ4n) is 3.38. The number of hydrogen-bond donors (Lipinski definition) is 3. The van der Waals surface area contributed by atoms with Gasteiger partial charge in [-0.1, -0.05) is 20.3 Å². The first-order valence-electron chi connectivity index (χ1n) is 8.69. The van der Waals surface area contributed by atoms with Crippen LogP contribution in [0.4, 0.5) is 4.79 Å². The van der Waals surface area contributed by atoms with E-state index >= 15 is 0 Å². The Bertz CT molecular complexity index is 592. The van der Waals surface area contributed by atoms with Gasteiger partial charge in [-0.2, -0.15) is 0 Å². The van der Waals surface area contributed by atoms with Crippen LogP contribution in [0.3, 0.4) is 0 Å². The van der Waals surface area contributed by atoms with Crippen molar-refractivity contribution in [1.29, 1.82) is 0 Å². The number of carbonyl (C=O) groups is 2. The van der Waals surface area contributed by atoms with E-state index in [1.54, 1.807) is 0 Å².